The van der Waals surface area contributed by atoms with Crippen molar-refractivity contribution in [1.29, 1.82) is 0 Å². The number of rotatable bonds is 7. The van der Waals surface area contributed by atoms with Gasteiger partial charge in [0.1, 0.15) is 0 Å². The van der Waals surface area contributed by atoms with Crippen molar-refractivity contribution in [3.05, 3.63) is 71.3 Å². The topological polar surface area (TPSA) is 78.5 Å². The Morgan fingerprint density at radius 2 is 1.58 bits per heavy atom. The lowest BCUT2D eigenvalue weighted by Crippen LogP contribution is -2.54. The van der Waals surface area contributed by atoms with Gasteiger partial charge in [0.25, 0.3) is 0 Å². The van der Waals surface area contributed by atoms with Crippen molar-refractivity contribution >= 4 is 0 Å². The zero-order chi connectivity index (χ0) is 17.0. The standard InChI is InChI=1S/C20H26N2O2/c21-18(10-15-6-2-1-3-7-15)19(24)13-22-20(14-23)11-16-8-4-5-9-17(16)12-20/h1-9,18-19,22-24H,10-14,21H2/t18-,19-/m0/s1. The maximum atomic E-state index is 10.4. The first-order valence-electron chi connectivity index (χ1n) is 8.52. The highest BCUT2D eigenvalue weighted by atomic mass is 16.3. The number of nitrogens with one attached hydrogen (secondary N) is 1. The molecule has 0 heterocycles. The number of fused-ring (bicyclic) bond motifs is 1. The van der Waals surface area contributed by atoms with Gasteiger partial charge in [-0.05, 0) is 36.0 Å². The molecule has 0 spiro atoms. The Labute approximate surface area is 143 Å². The molecule has 0 aromatic heterocycles. The zero-order valence-electron chi connectivity index (χ0n) is 13.9. The summed E-state index contributed by atoms with van der Waals surface area (Å²) in [6.07, 6.45) is 1.54. The molecule has 4 nitrogen and oxygen atoms in total. The molecule has 3 rings (SSSR count). The summed E-state index contributed by atoms with van der Waals surface area (Å²) in [5, 5.41) is 23.7. The first kappa shape index (κ1) is 17.1. The van der Waals surface area contributed by atoms with Gasteiger partial charge in [-0.2, -0.15) is 0 Å². The van der Waals surface area contributed by atoms with Crippen LogP contribution in [-0.4, -0.2) is 41.0 Å². The minimum Gasteiger partial charge on any atom is -0.394 e. The molecule has 0 unspecified atom stereocenters. The Kier molecular flexibility index (Phi) is 5.31. The van der Waals surface area contributed by atoms with Crippen molar-refractivity contribution in [3.63, 3.8) is 0 Å². The molecule has 24 heavy (non-hydrogen) atoms. The van der Waals surface area contributed by atoms with Gasteiger partial charge in [-0.3, -0.25) is 0 Å². The fourth-order valence-corrected chi connectivity index (χ4v) is 3.48. The molecule has 0 saturated heterocycles. The van der Waals surface area contributed by atoms with Crippen LogP contribution < -0.4 is 11.1 Å². The van der Waals surface area contributed by atoms with Crippen LogP contribution in [0.25, 0.3) is 0 Å². The van der Waals surface area contributed by atoms with E-state index < -0.39 is 11.6 Å². The van der Waals surface area contributed by atoms with E-state index >= 15 is 0 Å². The summed E-state index contributed by atoms with van der Waals surface area (Å²) in [5.74, 6) is 0. The van der Waals surface area contributed by atoms with Crippen LogP contribution in [0.15, 0.2) is 54.6 Å². The average molecular weight is 326 g/mol. The Balaban J connectivity index is 1.56. The third-order valence-corrected chi connectivity index (χ3v) is 4.97. The Morgan fingerprint density at radius 3 is 2.17 bits per heavy atom. The second kappa shape index (κ2) is 7.45. The lowest BCUT2D eigenvalue weighted by molar-refractivity contribution is 0.107. The minimum absolute atomic E-state index is 0.0440. The molecular weight excluding hydrogens is 300 g/mol. The van der Waals surface area contributed by atoms with Crippen molar-refractivity contribution in [2.75, 3.05) is 13.2 Å². The maximum absolute atomic E-state index is 10.4. The van der Waals surface area contributed by atoms with Crippen molar-refractivity contribution in [3.8, 4) is 0 Å². The lowest BCUT2D eigenvalue weighted by Gasteiger charge is -2.31. The number of aliphatic hydroxyl groups is 2. The molecule has 0 aliphatic heterocycles. The number of hydrogen-bond acceptors (Lipinski definition) is 4. The number of hydrogen-bond donors (Lipinski definition) is 4. The predicted octanol–water partition coefficient (Wildman–Crippen LogP) is 1.04. The van der Waals surface area contributed by atoms with Crippen LogP contribution in [0.3, 0.4) is 0 Å². The summed E-state index contributed by atoms with van der Waals surface area (Å²) >= 11 is 0. The van der Waals surface area contributed by atoms with Crippen LogP contribution >= 0.6 is 0 Å². The van der Waals surface area contributed by atoms with E-state index in [2.05, 4.69) is 17.4 Å². The molecule has 5 N–H and O–H groups in total. The summed E-state index contributed by atoms with van der Waals surface area (Å²) < 4.78 is 0. The largest absolute Gasteiger partial charge is 0.394 e. The summed E-state index contributed by atoms with van der Waals surface area (Å²) in [7, 11) is 0. The molecule has 0 radical (unpaired) electrons. The molecule has 0 amide bonds. The van der Waals surface area contributed by atoms with Gasteiger partial charge < -0.3 is 21.3 Å². The van der Waals surface area contributed by atoms with Gasteiger partial charge in [0, 0.05) is 18.1 Å². The monoisotopic (exact) mass is 326 g/mol. The molecule has 1 aliphatic carbocycles. The van der Waals surface area contributed by atoms with Crippen molar-refractivity contribution in [2.45, 2.75) is 36.9 Å². The first-order chi connectivity index (χ1) is 11.6. The molecule has 0 saturated carbocycles. The average Bonchev–Trinajstić information content (AvgIpc) is 2.99. The zero-order valence-corrected chi connectivity index (χ0v) is 13.9. The van der Waals surface area contributed by atoms with E-state index in [9.17, 15) is 10.2 Å². The Hall–Kier alpha value is -1.72. The van der Waals surface area contributed by atoms with Crippen molar-refractivity contribution in [2.24, 2.45) is 5.73 Å². The summed E-state index contributed by atoms with van der Waals surface area (Å²) in [4.78, 5) is 0. The van der Waals surface area contributed by atoms with Crippen LogP contribution in [0.1, 0.15) is 16.7 Å². The molecule has 1 aliphatic rings. The lowest BCUT2D eigenvalue weighted by atomic mass is 9.95. The molecule has 128 valence electrons. The Bertz CT molecular complexity index is 635. The molecule has 0 fully saturated rings. The van der Waals surface area contributed by atoms with E-state index in [1.165, 1.54) is 11.1 Å². The fourth-order valence-electron chi connectivity index (χ4n) is 3.48. The van der Waals surface area contributed by atoms with Gasteiger partial charge >= 0.3 is 0 Å². The van der Waals surface area contributed by atoms with Crippen LogP contribution in [0, 0.1) is 0 Å². The third-order valence-electron chi connectivity index (χ3n) is 4.97. The molecule has 2 aromatic rings. The number of aliphatic hydroxyl groups excluding tert-OH is 2. The first-order valence-corrected chi connectivity index (χ1v) is 8.52. The number of benzene rings is 2. The SMILES string of the molecule is N[C@@H](Cc1ccccc1)[C@@H](O)CNC1(CO)Cc2ccccc2C1. The van der Waals surface area contributed by atoms with Gasteiger partial charge in [-0.15, -0.1) is 0 Å². The van der Waals surface area contributed by atoms with E-state index in [1.54, 1.807) is 0 Å². The van der Waals surface area contributed by atoms with E-state index in [-0.39, 0.29) is 12.6 Å². The second-order valence-corrected chi connectivity index (χ2v) is 6.86. The highest BCUT2D eigenvalue weighted by molar-refractivity contribution is 5.36. The normalized spacial score (nSPS) is 18.1. The molecule has 2 aromatic carbocycles. The number of nitrogens with two attached hydrogens (primary N) is 1. The van der Waals surface area contributed by atoms with E-state index in [4.69, 9.17) is 5.73 Å². The van der Waals surface area contributed by atoms with E-state index in [1.807, 2.05) is 42.5 Å². The molecule has 4 heteroatoms. The number of β-amino-alcohol motifs (C(OH)–C–C–N with tert-alkyl or cyclic N) is 1. The van der Waals surface area contributed by atoms with Crippen LogP contribution in [0.2, 0.25) is 0 Å². The molecule has 0 bridgehead atoms. The van der Waals surface area contributed by atoms with Crippen LogP contribution in [0.4, 0.5) is 0 Å². The molecule has 2 atom stereocenters. The van der Waals surface area contributed by atoms with Gasteiger partial charge in [0.05, 0.1) is 12.7 Å². The Morgan fingerprint density at radius 1 is 1.00 bits per heavy atom. The second-order valence-electron chi connectivity index (χ2n) is 6.86. The fraction of sp³-hybridized carbons (Fsp3) is 0.400. The smallest absolute Gasteiger partial charge is 0.0818 e. The summed E-state index contributed by atoms with van der Waals surface area (Å²) in [6, 6.07) is 17.9. The van der Waals surface area contributed by atoms with E-state index in [0.717, 1.165) is 18.4 Å². The minimum atomic E-state index is -0.655. The van der Waals surface area contributed by atoms with Gasteiger partial charge in [-0.1, -0.05) is 54.6 Å². The summed E-state index contributed by atoms with van der Waals surface area (Å²) in [6.45, 7) is 0.422. The highest BCUT2D eigenvalue weighted by Crippen LogP contribution is 2.29. The van der Waals surface area contributed by atoms with Crippen molar-refractivity contribution in [1.82, 2.24) is 5.32 Å². The quantitative estimate of drug-likeness (QED) is 0.613. The maximum Gasteiger partial charge on any atom is 0.0818 e. The van der Waals surface area contributed by atoms with Crippen molar-refractivity contribution < 1.29 is 10.2 Å². The molecular formula is C20H26N2O2. The highest BCUT2D eigenvalue weighted by Gasteiger charge is 2.36. The predicted molar refractivity (Wildman–Crippen MR) is 95.8 cm³/mol. The van der Waals surface area contributed by atoms with E-state index in [0.29, 0.717) is 13.0 Å². The van der Waals surface area contributed by atoms with Gasteiger partial charge in [-0.25, -0.2) is 0 Å². The van der Waals surface area contributed by atoms with Gasteiger partial charge in [0.15, 0.2) is 0 Å². The van der Waals surface area contributed by atoms with Crippen LogP contribution in [0.5, 0.6) is 0 Å². The summed E-state index contributed by atoms with van der Waals surface area (Å²) in [5.41, 5.74) is 9.41. The van der Waals surface area contributed by atoms with Crippen LogP contribution in [-0.2, 0) is 19.3 Å². The third kappa shape index (κ3) is 3.84. The van der Waals surface area contributed by atoms with Gasteiger partial charge in [0.2, 0.25) is 0 Å².